The zero-order valence-corrected chi connectivity index (χ0v) is 11.8. The van der Waals surface area contributed by atoms with Crippen molar-refractivity contribution in [1.29, 1.82) is 0 Å². The van der Waals surface area contributed by atoms with E-state index in [2.05, 4.69) is 33.4 Å². The number of rotatable bonds is 8. The first-order valence-electron chi connectivity index (χ1n) is 5.94. The van der Waals surface area contributed by atoms with E-state index in [4.69, 9.17) is 9.84 Å². The van der Waals surface area contributed by atoms with Crippen LogP contribution in [0.2, 0.25) is 0 Å². The third-order valence-electron chi connectivity index (χ3n) is 2.44. The lowest BCUT2D eigenvalue weighted by Crippen LogP contribution is -2.05. The van der Waals surface area contributed by atoms with Crippen LogP contribution < -0.4 is 10.1 Å². The van der Waals surface area contributed by atoms with Gasteiger partial charge in [-0.15, -0.1) is 0 Å². The third kappa shape index (κ3) is 5.52. The van der Waals surface area contributed by atoms with Crippen LogP contribution in [0.5, 0.6) is 5.75 Å². The van der Waals surface area contributed by atoms with Crippen LogP contribution in [-0.4, -0.2) is 25.4 Å². The molecule has 0 spiro atoms. The standard InChI is InChI=1S/C13H20BrNO2/c1-15-10-11-5-6-13(12(14)9-11)17-8-4-2-3-7-16/h5-6,9,15-16H,2-4,7-8,10H2,1H3. The van der Waals surface area contributed by atoms with Crippen molar-refractivity contribution in [3.63, 3.8) is 0 Å². The number of halogens is 1. The van der Waals surface area contributed by atoms with Gasteiger partial charge in [-0.05, 0) is 59.9 Å². The molecule has 0 fully saturated rings. The van der Waals surface area contributed by atoms with Crippen molar-refractivity contribution in [2.75, 3.05) is 20.3 Å². The molecule has 3 nitrogen and oxygen atoms in total. The summed E-state index contributed by atoms with van der Waals surface area (Å²) < 4.78 is 6.66. The molecule has 0 atom stereocenters. The Hall–Kier alpha value is -0.580. The predicted octanol–water partition coefficient (Wildman–Crippen LogP) is 2.71. The molecular formula is C13H20BrNO2. The highest BCUT2D eigenvalue weighted by Gasteiger charge is 2.02. The Morgan fingerprint density at radius 2 is 2.12 bits per heavy atom. The average molecular weight is 302 g/mol. The van der Waals surface area contributed by atoms with Crippen LogP contribution in [0.3, 0.4) is 0 Å². The Bertz CT molecular complexity index is 331. The maximum absolute atomic E-state index is 8.65. The van der Waals surface area contributed by atoms with Crippen molar-refractivity contribution < 1.29 is 9.84 Å². The van der Waals surface area contributed by atoms with E-state index in [1.165, 1.54) is 5.56 Å². The summed E-state index contributed by atoms with van der Waals surface area (Å²) in [5, 5.41) is 11.8. The quantitative estimate of drug-likeness (QED) is 0.726. The molecular weight excluding hydrogens is 282 g/mol. The summed E-state index contributed by atoms with van der Waals surface area (Å²) in [6.45, 7) is 1.82. The van der Waals surface area contributed by atoms with Gasteiger partial charge in [-0.1, -0.05) is 6.07 Å². The molecule has 96 valence electrons. The van der Waals surface area contributed by atoms with Crippen LogP contribution in [0.15, 0.2) is 22.7 Å². The molecule has 0 saturated carbocycles. The highest BCUT2D eigenvalue weighted by Crippen LogP contribution is 2.26. The summed E-state index contributed by atoms with van der Waals surface area (Å²) in [5.41, 5.74) is 1.23. The Balaban J connectivity index is 2.38. The summed E-state index contributed by atoms with van der Waals surface area (Å²) in [7, 11) is 1.93. The van der Waals surface area contributed by atoms with Gasteiger partial charge < -0.3 is 15.2 Å². The van der Waals surface area contributed by atoms with Crippen molar-refractivity contribution >= 4 is 15.9 Å². The largest absolute Gasteiger partial charge is 0.492 e. The lowest BCUT2D eigenvalue weighted by molar-refractivity contribution is 0.265. The molecule has 0 heterocycles. The van der Waals surface area contributed by atoms with E-state index in [-0.39, 0.29) is 6.61 Å². The van der Waals surface area contributed by atoms with Crippen LogP contribution in [0.1, 0.15) is 24.8 Å². The molecule has 1 aromatic rings. The molecule has 2 N–H and O–H groups in total. The Kier molecular flexibility index (Phi) is 7.24. The Labute approximate surface area is 111 Å². The van der Waals surface area contributed by atoms with E-state index in [0.29, 0.717) is 6.61 Å². The van der Waals surface area contributed by atoms with Crippen LogP contribution in [0.25, 0.3) is 0 Å². The third-order valence-corrected chi connectivity index (χ3v) is 3.06. The minimum atomic E-state index is 0.266. The fourth-order valence-electron chi connectivity index (χ4n) is 1.55. The summed E-state index contributed by atoms with van der Waals surface area (Å²) in [4.78, 5) is 0. The molecule has 0 aliphatic heterocycles. The zero-order valence-electron chi connectivity index (χ0n) is 10.2. The van der Waals surface area contributed by atoms with Crippen molar-refractivity contribution in [1.82, 2.24) is 5.32 Å². The summed E-state index contributed by atoms with van der Waals surface area (Å²) in [5.74, 6) is 0.883. The van der Waals surface area contributed by atoms with E-state index in [9.17, 15) is 0 Å². The van der Waals surface area contributed by atoms with Crippen molar-refractivity contribution in [3.05, 3.63) is 28.2 Å². The second-order valence-corrected chi connectivity index (χ2v) is 4.78. The number of aliphatic hydroxyl groups is 1. The predicted molar refractivity (Wildman–Crippen MR) is 73.3 cm³/mol. The highest BCUT2D eigenvalue weighted by atomic mass is 79.9. The summed E-state index contributed by atoms with van der Waals surface area (Å²) in [6, 6.07) is 6.12. The normalized spacial score (nSPS) is 10.5. The van der Waals surface area contributed by atoms with Gasteiger partial charge in [-0.2, -0.15) is 0 Å². The highest BCUT2D eigenvalue weighted by molar-refractivity contribution is 9.10. The second kappa shape index (κ2) is 8.50. The lowest BCUT2D eigenvalue weighted by Gasteiger charge is -2.09. The number of hydrogen-bond donors (Lipinski definition) is 2. The first kappa shape index (κ1) is 14.5. The molecule has 0 unspecified atom stereocenters. The average Bonchev–Trinajstić information content (AvgIpc) is 2.32. The number of benzene rings is 1. The molecule has 0 aromatic heterocycles. The smallest absolute Gasteiger partial charge is 0.133 e. The van der Waals surface area contributed by atoms with E-state index >= 15 is 0 Å². The maximum atomic E-state index is 8.65. The van der Waals surface area contributed by atoms with E-state index in [1.807, 2.05) is 13.1 Å². The molecule has 17 heavy (non-hydrogen) atoms. The molecule has 1 aromatic carbocycles. The van der Waals surface area contributed by atoms with Crippen molar-refractivity contribution in [3.8, 4) is 5.75 Å². The van der Waals surface area contributed by atoms with E-state index in [0.717, 1.165) is 36.0 Å². The SMILES string of the molecule is CNCc1ccc(OCCCCCO)c(Br)c1. The number of hydrogen-bond acceptors (Lipinski definition) is 3. The molecule has 0 aliphatic rings. The molecule has 4 heteroatoms. The van der Waals surface area contributed by atoms with Gasteiger partial charge in [0.2, 0.25) is 0 Å². The van der Waals surface area contributed by atoms with Gasteiger partial charge in [0, 0.05) is 13.2 Å². The van der Waals surface area contributed by atoms with Crippen molar-refractivity contribution in [2.24, 2.45) is 0 Å². The van der Waals surface area contributed by atoms with Gasteiger partial charge in [0.05, 0.1) is 11.1 Å². The first-order chi connectivity index (χ1) is 8.27. The Morgan fingerprint density at radius 3 is 2.76 bits per heavy atom. The fourth-order valence-corrected chi connectivity index (χ4v) is 2.09. The Morgan fingerprint density at radius 1 is 1.29 bits per heavy atom. The summed E-state index contributed by atoms with van der Waals surface area (Å²) in [6.07, 6.45) is 2.84. The van der Waals surface area contributed by atoms with Crippen LogP contribution in [-0.2, 0) is 6.54 Å². The number of aliphatic hydroxyl groups excluding tert-OH is 1. The lowest BCUT2D eigenvalue weighted by atomic mass is 10.2. The topological polar surface area (TPSA) is 41.5 Å². The van der Waals surface area contributed by atoms with Gasteiger partial charge >= 0.3 is 0 Å². The first-order valence-corrected chi connectivity index (χ1v) is 6.74. The van der Waals surface area contributed by atoms with Crippen LogP contribution >= 0.6 is 15.9 Å². The molecule has 0 bridgehead atoms. The maximum Gasteiger partial charge on any atom is 0.133 e. The van der Waals surface area contributed by atoms with Gasteiger partial charge in [0.15, 0.2) is 0 Å². The van der Waals surface area contributed by atoms with Gasteiger partial charge in [-0.25, -0.2) is 0 Å². The fraction of sp³-hybridized carbons (Fsp3) is 0.538. The minimum absolute atomic E-state index is 0.266. The molecule has 0 radical (unpaired) electrons. The van der Waals surface area contributed by atoms with Gasteiger partial charge in [0.25, 0.3) is 0 Å². The van der Waals surface area contributed by atoms with E-state index in [1.54, 1.807) is 0 Å². The number of nitrogens with one attached hydrogen (secondary N) is 1. The zero-order chi connectivity index (χ0) is 12.5. The van der Waals surface area contributed by atoms with Crippen LogP contribution in [0, 0.1) is 0 Å². The number of ether oxygens (including phenoxy) is 1. The van der Waals surface area contributed by atoms with Gasteiger partial charge in [-0.3, -0.25) is 0 Å². The van der Waals surface area contributed by atoms with Crippen LogP contribution in [0.4, 0.5) is 0 Å². The second-order valence-electron chi connectivity index (χ2n) is 3.93. The van der Waals surface area contributed by atoms with E-state index < -0.39 is 0 Å². The molecule has 0 amide bonds. The number of unbranched alkanes of at least 4 members (excludes halogenated alkanes) is 2. The molecule has 1 rings (SSSR count). The van der Waals surface area contributed by atoms with Gasteiger partial charge in [0.1, 0.15) is 5.75 Å². The van der Waals surface area contributed by atoms with Crippen molar-refractivity contribution in [2.45, 2.75) is 25.8 Å². The molecule has 0 saturated heterocycles. The minimum Gasteiger partial charge on any atom is -0.492 e. The molecule has 0 aliphatic carbocycles. The summed E-state index contributed by atoms with van der Waals surface area (Å²) >= 11 is 3.51. The monoisotopic (exact) mass is 301 g/mol.